The van der Waals surface area contributed by atoms with Crippen molar-refractivity contribution in [3.63, 3.8) is 0 Å². The molecule has 5 heteroatoms. The SMILES string of the molecule is COc1cccc(/C=C/C(=O)NCc2nc3ccccc3n2CCc2ccccc2)c1. The number of carbonyl (C=O) groups is 1. The number of aryl methyl sites for hydroxylation is 2. The fourth-order valence-corrected chi connectivity index (χ4v) is 3.54. The van der Waals surface area contributed by atoms with Crippen molar-refractivity contribution in [1.29, 1.82) is 0 Å². The highest BCUT2D eigenvalue weighted by atomic mass is 16.5. The highest BCUT2D eigenvalue weighted by Crippen LogP contribution is 2.17. The molecule has 0 aliphatic heterocycles. The van der Waals surface area contributed by atoms with Crippen molar-refractivity contribution in [2.45, 2.75) is 19.5 Å². The maximum absolute atomic E-state index is 12.4. The van der Waals surface area contributed by atoms with E-state index in [1.54, 1.807) is 13.2 Å². The molecule has 156 valence electrons. The fraction of sp³-hybridized carbons (Fsp3) is 0.154. The van der Waals surface area contributed by atoms with Gasteiger partial charge >= 0.3 is 0 Å². The quantitative estimate of drug-likeness (QED) is 0.431. The summed E-state index contributed by atoms with van der Waals surface area (Å²) in [6.45, 7) is 1.17. The molecule has 4 aromatic rings. The van der Waals surface area contributed by atoms with Crippen molar-refractivity contribution < 1.29 is 9.53 Å². The first-order valence-corrected chi connectivity index (χ1v) is 10.3. The number of para-hydroxylation sites is 2. The van der Waals surface area contributed by atoms with Crippen LogP contribution < -0.4 is 10.1 Å². The van der Waals surface area contributed by atoms with Crippen molar-refractivity contribution in [2.24, 2.45) is 0 Å². The number of hydrogen-bond acceptors (Lipinski definition) is 3. The van der Waals surface area contributed by atoms with Gasteiger partial charge in [0, 0.05) is 12.6 Å². The highest BCUT2D eigenvalue weighted by Gasteiger charge is 2.11. The smallest absolute Gasteiger partial charge is 0.244 e. The van der Waals surface area contributed by atoms with Crippen LogP contribution in [0.5, 0.6) is 5.75 Å². The first kappa shape index (κ1) is 20.4. The summed E-state index contributed by atoms with van der Waals surface area (Å²) in [5.41, 5.74) is 4.20. The first-order valence-electron chi connectivity index (χ1n) is 10.3. The third kappa shape index (κ3) is 5.20. The number of ether oxygens (including phenoxy) is 1. The zero-order valence-corrected chi connectivity index (χ0v) is 17.5. The molecular weight excluding hydrogens is 386 g/mol. The fourth-order valence-electron chi connectivity index (χ4n) is 3.54. The second-order valence-corrected chi connectivity index (χ2v) is 7.23. The molecule has 5 nitrogen and oxygen atoms in total. The Morgan fingerprint density at radius 3 is 2.68 bits per heavy atom. The molecule has 0 aliphatic carbocycles. The highest BCUT2D eigenvalue weighted by molar-refractivity contribution is 5.91. The summed E-state index contributed by atoms with van der Waals surface area (Å²) in [6, 6.07) is 26.0. The molecule has 1 heterocycles. The lowest BCUT2D eigenvalue weighted by Crippen LogP contribution is -2.23. The number of aromatic nitrogens is 2. The zero-order valence-electron chi connectivity index (χ0n) is 17.5. The van der Waals surface area contributed by atoms with E-state index < -0.39 is 0 Å². The molecule has 0 bridgehead atoms. The van der Waals surface area contributed by atoms with Crippen LogP contribution in [-0.4, -0.2) is 22.6 Å². The Balaban J connectivity index is 1.46. The van der Waals surface area contributed by atoms with Crippen molar-refractivity contribution in [1.82, 2.24) is 14.9 Å². The minimum absolute atomic E-state index is 0.163. The van der Waals surface area contributed by atoms with Crippen molar-refractivity contribution in [3.8, 4) is 5.75 Å². The molecule has 1 N–H and O–H groups in total. The molecule has 0 aliphatic rings. The van der Waals surface area contributed by atoms with Gasteiger partial charge in [0.2, 0.25) is 5.91 Å². The van der Waals surface area contributed by atoms with E-state index in [1.807, 2.05) is 48.5 Å². The number of methoxy groups -OCH3 is 1. The van der Waals surface area contributed by atoms with Gasteiger partial charge in [0.1, 0.15) is 11.6 Å². The van der Waals surface area contributed by atoms with E-state index in [-0.39, 0.29) is 5.91 Å². The van der Waals surface area contributed by atoms with Crippen LogP contribution in [0.15, 0.2) is 84.9 Å². The van der Waals surface area contributed by atoms with E-state index in [9.17, 15) is 4.79 Å². The molecule has 3 aromatic carbocycles. The normalized spacial score (nSPS) is 11.1. The Bertz CT molecular complexity index is 1200. The standard InChI is InChI=1S/C26H25N3O2/c1-31-22-11-7-10-21(18-22)14-15-26(30)27-19-25-28-23-12-5-6-13-24(23)29(25)17-16-20-8-3-2-4-9-20/h2-15,18H,16-17,19H2,1H3,(H,27,30)/b15-14+. The summed E-state index contributed by atoms with van der Waals surface area (Å²) in [5, 5.41) is 2.96. The van der Waals surface area contributed by atoms with Gasteiger partial charge in [-0.25, -0.2) is 4.98 Å². The van der Waals surface area contributed by atoms with Crippen LogP contribution in [0.1, 0.15) is 17.0 Å². The molecule has 0 atom stereocenters. The Kier molecular flexibility index (Phi) is 6.43. The average molecular weight is 412 g/mol. The number of imidazole rings is 1. The maximum atomic E-state index is 12.4. The van der Waals surface area contributed by atoms with Gasteiger partial charge in [-0.15, -0.1) is 0 Å². The van der Waals surface area contributed by atoms with Gasteiger partial charge in [-0.1, -0.05) is 54.6 Å². The van der Waals surface area contributed by atoms with Gasteiger partial charge in [0.25, 0.3) is 0 Å². The Morgan fingerprint density at radius 1 is 1.03 bits per heavy atom. The topological polar surface area (TPSA) is 56.1 Å². The number of nitrogens with one attached hydrogen (secondary N) is 1. The van der Waals surface area contributed by atoms with Crippen LogP contribution in [0.4, 0.5) is 0 Å². The second-order valence-electron chi connectivity index (χ2n) is 7.23. The third-order valence-corrected chi connectivity index (χ3v) is 5.14. The van der Waals surface area contributed by atoms with E-state index in [0.29, 0.717) is 6.54 Å². The van der Waals surface area contributed by atoms with E-state index in [1.165, 1.54) is 11.6 Å². The number of fused-ring (bicyclic) bond motifs is 1. The maximum Gasteiger partial charge on any atom is 0.244 e. The predicted molar refractivity (Wildman–Crippen MR) is 124 cm³/mol. The summed E-state index contributed by atoms with van der Waals surface area (Å²) in [4.78, 5) is 17.1. The van der Waals surface area contributed by atoms with Crippen molar-refractivity contribution in [3.05, 3.63) is 102 Å². The van der Waals surface area contributed by atoms with Gasteiger partial charge < -0.3 is 14.6 Å². The molecule has 0 saturated carbocycles. The molecule has 31 heavy (non-hydrogen) atoms. The molecule has 0 unspecified atom stereocenters. The molecule has 0 fully saturated rings. The minimum Gasteiger partial charge on any atom is -0.497 e. The molecule has 1 amide bonds. The van der Waals surface area contributed by atoms with Crippen molar-refractivity contribution in [2.75, 3.05) is 7.11 Å². The molecule has 4 rings (SSSR count). The van der Waals surface area contributed by atoms with Gasteiger partial charge in [-0.05, 0) is 47.9 Å². The number of hydrogen-bond donors (Lipinski definition) is 1. The lowest BCUT2D eigenvalue weighted by atomic mass is 10.1. The van der Waals surface area contributed by atoms with Gasteiger partial charge in [-0.2, -0.15) is 0 Å². The minimum atomic E-state index is -0.163. The summed E-state index contributed by atoms with van der Waals surface area (Å²) >= 11 is 0. The average Bonchev–Trinajstić information content (AvgIpc) is 3.18. The molecule has 0 saturated heterocycles. The van der Waals surface area contributed by atoms with Crippen LogP contribution in [0.3, 0.4) is 0 Å². The Labute approximate surface area is 182 Å². The molecule has 1 aromatic heterocycles. The summed E-state index contributed by atoms with van der Waals surface area (Å²) in [6.07, 6.45) is 4.21. The monoisotopic (exact) mass is 411 g/mol. The van der Waals surface area contributed by atoms with Crippen LogP contribution in [0.25, 0.3) is 17.1 Å². The summed E-state index contributed by atoms with van der Waals surface area (Å²) < 4.78 is 7.41. The van der Waals surface area contributed by atoms with E-state index in [4.69, 9.17) is 9.72 Å². The summed E-state index contributed by atoms with van der Waals surface area (Å²) in [7, 11) is 1.62. The lowest BCUT2D eigenvalue weighted by molar-refractivity contribution is -0.116. The van der Waals surface area contributed by atoms with Crippen LogP contribution in [0, 0.1) is 0 Å². The predicted octanol–water partition coefficient (Wildman–Crippen LogP) is 4.62. The molecular formula is C26H25N3O2. The van der Waals surface area contributed by atoms with Crippen LogP contribution >= 0.6 is 0 Å². The molecule has 0 radical (unpaired) electrons. The number of amides is 1. The third-order valence-electron chi connectivity index (χ3n) is 5.14. The Morgan fingerprint density at radius 2 is 1.84 bits per heavy atom. The Hall–Kier alpha value is -3.86. The van der Waals surface area contributed by atoms with Gasteiger partial charge in [-0.3, -0.25) is 4.79 Å². The number of rotatable bonds is 8. The van der Waals surface area contributed by atoms with E-state index >= 15 is 0 Å². The van der Waals surface area contributed by atoms with Gasteiger partial charge in [0.15, 0.2) is 0 Å². The van der Waals surface area contributed by atoms with Crippen molar-refractivity contribution >= 4 is 23.0 Å². The second kappa shape index (κ2) is 9.76. The summed E-state index contributed by atoms with van der Waals surface area (Å²) in [5.74, 6) is 1.44. The largest absolute Gasteiger partial charge is 0.497 e. The van der Waals surface area contributed by atoms with Gasteiger partial charge in [0.05, 0.1) is 24.7 Å². The number of nitrogens with zero attached hydrogens (tertiary/aromatic N) is 2. The van der Waals surface area contributed by atoms with Crippen LogP contribution in [-0.2, 0) is 24.3 Å². The number of benzene rings is 3. The first-order chi connectivity index (χ1) is 15.2. The van der Waals surface area contributed by atoms with E-state index in [0.717, 1.165) is 41.1 Å². The molecule has 0 spiro atoms. The zero-order chi connectivity index (χ0) is 21.5. The lowest BCUT2D eigenvalue weighted by Gasteiger charge is -2.10. The van der Waals surface area contributed by atoms with E-state index in [2.05, 4.69) is 40.2 Å². The van der Waals surface area contributed by atoms with Crippen LogP contribution in [0.2, 0.25) is 0 Å². The number of carbonyl (C=O) groups excluding carboxylic acids is 1.